The molecule has 0 aliphatic carbocycles. The molecule has 150 valence electrons. The lowest BCUT2D eigenvalue weighted by molar-refractivity contribution is 0.0940. The number of rotatable bonds is 7. The molecule has 0 radical (unpaired) electrons. The van der Waals surface area contributed by atoms with E-state index in [4.69, 9.17) is 0 Å². The molecule has 0 unspecified atom stereocenters. The fourth-order valence-corrected chi connectivity index (χ4v) is 3.88. The molecule has 1 amide bonds. The van der Waals surface area contributed by atoms with E-state index in [0.717, 1.165) is 12.0 Å². The molecule has 3 rings (SSSR count). The Morgan fingerprint density at radius 2 is 1.59 bits per heavy atom. The minimum absolute atomic E-state index is 0.0778. The van der Waals surface area contributed by atoms with Gasteiger partial charge in [0.15, 0.2) is 0 Å². The van der Waals surface area contributed by atoms with Crippen molar-refractivity contribution in [3.05, 3.63) is 89.7 Å². The molecule has 2 aromatic carbocycles. The summed E-state index contributed by atoms with van der Waals surface area (Å²) in [6.07, 6.45) is 3.97. The third-order valence-corrected chi connectivity index (χ3v) is 5.99. The SMILES string of the molecule is CCc1ccc([C@H](C)NC(=O)c2ccc(S(=O)(=O)Nc3ccncc3)cc2)cc1. The van der Waals surface area contributed by atoms with Crippen LogP contribution in [-0.4, -0.2) is 19.3 Å². The van der Waals surface area contributed by atoms with Crippen LogP contribution in [0.25, 0.3) is 0 Å². The van der Waals surface area contributed by atoms with Gasteiger partial charge in [-0.15, -0.1) is 0 Å². The maximum absolute atomic E-state index is 12.5. The third-order valence-electron chi connectivity index (χ3n) is 4.59. The Hall–Kier alpha value is -3.19. The van der Waals surface area contributed by atoms with Crippen LogP contribution in [0, 0.1) is 0 Å². The number of nitrogens with zero attached hydrogens (tertiary/aromatic N) is 1. The van der Waals surface area contributed by atoms with Crippen LogP contribution in [-0.2, 0) is 16.4 Å². The standard InChI is InChI=1S/C22H23N3O3S/c1-3-17-4-6-18(7-5-17)16(2)24-22(26)19-8-10-21(11-9-19)29(27,28)25-20-12-14-23-15-13-20/h4-16H,3H2,1-2H3,(H,23,25)(H,24,26)/t16-/m0/s1. The summed E-state index contributed by atoms with van der Waals surface area (Å²) >= 11 is 0. The van der Waals surface area contributed by atoms with Crippen molar-refractivity contribution in [3.8, 4) is 0 Å². The van der Waals surface area contributed by atoms with Gasteiger partial charge in [-0.05, 0) is 60.9 Å². The highest BCUT2D eigenvalue weighted by Gasteiger charge is 2.16. The summed E-state index contributed by atoms with van der Waals surface area (Å²) < 4.78 is 27.4. The summed E-state index contributed by atoms with van der Waals surface area (Å²) in [6, 6.07) is 16.9. The lowest BCUT2D eigenvalue weighted by Gasteiger charge is -2.15. The molecule has 1 heterocycles. The average molecular weight is 410 g/mol. The quantitative estimate of drug-likeness (QED) is 0.619. The van der Waals surface area contributed by atoms with Gasteiger partial charge in [0.1, 0.15) is 0 Å². The summed E-state index contributed by atoms with van der Waals surface area (Å²) in [5, 5.41) is 2.94. The van der Waals surface area contributed by atoms with Gasteiger partial charge >= 0.3 is 0 Å². The first-order valence-corrected chi connectivity index (χ1v) is 10.8. The topological polar surface area (TPSA) is 88.2 Å². The van der Waals surface area contributed by atoms with Crippen LogP contribution in [0.3, 0.4) is 0 Å². The molecule has 7 heteroatoms. The number of aryl methyl sites for hydroxylation is 1. The molecule has 0 bridgehead atoms. The van der Waals surface area contributed by atoms with Crippen molar-refractivity contribution >= 4 is 21.6 Å². The van der Waals surface area contributed by atoms with Crippen molar-refractivity contribution in [3.63, 3.8) is 0 Å². The van der Waals surface area contributed by atoms with Gasteiger partial charge in [0.25, 0.3) is 15.9 Å². The Kier molecular flexibility index (Phi) is 6.29. The van der Waals surface area contributed by atoms with Crippen LogP contribution in [0.1, 0.15) is 41.4 Å². The van der Waals surface area contributed by atoms with Crippen molar-refractivity contribution in [1.82, 2.24) is 10.3 Å². The lowest BCUT2D eigenvalue weighted by atomic mass is 10.0. The normalized spacial score (nSPS) is 12.2. The van der Waals surface area contributed by atoms with Crippen molar-refractivity contribution in [2.24, 2.45) is 0 Å². The fraction of sp³-hybridized carbons (Fsp3) is 0.182. The summed E-state index contributed by atoms with van der Waals surface area (Å²) in [6.45, 7) is 4.01. The van der Waals surface area contributed by atoms with E-state index in [1.54, 1.807) is 12.1 Å². The summed E-state index contributed by atoms with van der Waals surface area (Å²) in [5.74, 6) is -0.261. The molecule has 1 atom stereocenters. The van der Waals surface area contributed by atoms with E-state index in [2.05, 4.69) is 21.9 Å². The Morgan fingerprint density at radius 1 is 0.966 bits per heavy atom. The first-order chi connectivity index (χ1) is 13.9. The molecule has 3 aromatic rings. The van der Waals surface area contributed by atoms with Gasteiger partial charge in [-0.2, -0.15) is 0 Å². The number of hydrogen-bond donors (Lipinski definition) is 2. The second kappa shape index (κ2) is 8.87. The van der Waals surface area contributed by atoms with Gasteiger partial charge in [0, 0.05) is 18.0 Å². The minimum atomic E-state index is -3.74. The van der Waals surface area contributed by atoms with E-state index in [-0.39, 0.29) is 16.8 Å². The van der Waals surface area contributed by atoms with Crippen LogP contribution in [0.4, 0.5) is 5.69 Å². The highest BCUT2D eigenvalue weighted by Crippen LogP contribution is 2.18. The summed E-state index contributed by atoms with van der Waals surface area (Å²) in [5.41, 5.74) is 3.07. The van der Waals surface area contributed by atoms with Crippen LogP contribution >= 0.6 is 0 Å². The monoisotopic (exact) mass is 409 g/mol. The third kappa shape index (κ3) is 5.20. The Balaban J connectivity index is 1.67. The lowest BCUT2D eigenvalue weighted by Crippen LogP contribution is -2.26. The van der Waals surface area contributed by atoms with E-state index < -0.39 is 10.0 Å². The van der Waals surface area contributed by atoms with E-state index in [1.807, 2.05) is 31.2 Å². The number of carbonyl (C=O) groups excluding carboxylic acids is 1. The zero-order valence-corrected chi connectivity index (χ0v) is 17.1. The van der Waals surface area contributed by atoms with Gasteiger partial charge < -0.3 is 5.32 Å². The summed E-state index contributed by atoms with van der Waals surface area (Å²) in [4.78, 5) is 16.5. The molecule has 0 aliphatic heterocycles. The molecule has 0 aliphatic rings. The number of benzene rings is 2. The maximum atomic E-state index is 12.5. The predicted molar refractivity (Wildman–Crippen MR) is 113 cm³/mol. The van der Waals surface area contributed by atoms with E-state index in [1.165, 1.54) is 42.2 Å². The number of anilines is 1. The Morgan fingerprint density at radius 3 is 2.17 bits per heavy atom. The second-order valence-corrected chi connectivity index (χ2v) is 8.34. The zero-order valence-electron chi connectivity index (χ0n) is 16.3. The number of carbonyl (C=O) groups is 1. The maximum Gasteiger partial charge on any atom is 0.261 e. The largest absolute Gasteiger partial charge is 0.346 e. The smallest absolute Gasteiger partial charge is 0.261 e. The molecule has 2 N–H and O–H groups in total. The van der Waals surface area contributed by atoms with Gasteiger partial charge in [0.05, 0.1) is 16.6 Å². The van der Waals surface area contributed by atoms with Crippen LogP contribution in [0.5, 0.6) is 0 Å². The molecule has 0 fully saturated rings. The number of pyridine rings is 1. The van der Waals surface area contributed by atoms with Crippen LogP contribution in [0.15, 0.2) is 78.0 Å². The van der Waals surface area contributed by atoms with E-state index >= 15 is 0 Å². The van der Waals surface area contributed by atoms with Crippen molar-refractivity contribution < 1.29 is 13.2 Å². The first-order valence-electron chi connectivity index (χ1n) is 9.31. The average Bonchev–Trinajstić information content (AvgIpc) is 2.74. The highest BCUT2D eigenvalue weighted by atomic mass is 32.2. The molecular formula is C22H23N3O3S. The molecule has 6 nitrogen and oxygen atoms in total. The molecule has 1 aromatic heterocycles. The minimum Gasteiger partial charge on any atom is -0.346 e. The van der Waals surface area contributed by atoms with Gasteiger partial charge in [-0.3, -0.25) is 14.5 Å². The van der Waals surface area contributed by atoms with Crippen LogP contribution < -0.4 is 10.0 Å². The second-order valence-electron chi connectivity index (χ2n) is 6.66. The first kappa shape index (κ1) is 20.5. The predicted octanol–water partition coefficient (Wildman–Crippen LogP) is 3.94. The Labute approximate surface area is 171 Å². The molecular weight excluding hydrogens is 386 g/mol. The van der Waals surface area contributed by atoms with Crippen LogP contribution in [0.2, 0.25) is 0 Å². The fourth-order valence-electron chi connectivity index (χ4n) is 2.82. The molecule has 0 spiro atoms. The number of sulfonamides is 1. The summed E-state index contributed by atoms with van der Waals surface area (Å²) in [7, 11) is -3.74. The molecule has 0 saturated carbocycles. The van der Waals surface area contributed by atoms with Gasteiger partial charge in [0.2, 0.25) is 0 Å². The van der Waals surface area contributed by atoms with Gasteiger partial charge in [-0.1, -0.05) is 31.2 Å². The van der Waals surface area contributed by atoms with Crippen molar-refractivity contribution in [1.29, 1.82) is 0 Å². The number of aromatic nitrogens is 1. The zero-order chi connectivity index (χ0) is 20.9. The van der Waals surface area contributed by atoms with Gasteiger partial charge in [-0.25, -0.2) is 8.42 Å². The van der Waals surface area contributed by atoms with Crippen molar-refractivity contribution in [2.75, 3.05) is 4.72 Å². The van der Waals surface area contributed by atoms with E-state index in [9.17, 15) is 13.2 Å². The van der Waals surface area contributed by atoms with E-state index in [0.29, 0.717) is 11.3 Å². The number of hydrogen-bond acceptors (Lipinski definition) is 4. The number of nitrogens with one attached hydrogen (secondary N) is 2. The number of amides is 1. The molecule has 0 saturated heterocycles. The van der Waals surface area contributed by atoms with Crippen molar-refractivity contribution in [2.45, 2.75) is 31.2 Å². The highest BCUT2D eigenvalue weighted by molar-refractivity contribution is 7.92. The Bertz CT molecular complexity index is 1060. The molecule has 29 heavy (non-hydrogen) atoms.